The molecule has 184 valence electrons. The number of benzene rings is 1. The minimum Gasteiger partial charge on any atom is -0.474 e. The standard InChI is InChI=1S/C24H28N6O4S/c1-4-17(20-9-10-27-24(29-20)30-35(32,33)16-6-7-16)19-11-15(23(25)31)5-8-18(19)21-12-26-13-22(28-21)34-14(2)3/h5,8-14,16-17H,4,6-7H2,1-3H3,(H2,25,31)(H,27,29,30). The van der Waals surface area contributed by atoms with E-state index in [1.807, 2.05) is 20.8 Å². The number of rotatable bonds is 10. The summed E-state index contributed by atoms with van der Waals surface area (Å²) in [5.74, 6) is -0.453. The van der Waals surface area contributed by atoms with Gasteiger partial charge in [0.1, 0.15) is 0 Å². The number of carbonyl (C=O) groups is 1. The van der Waals surface area contributed by atoms with E-state index in [-0.39, 0.29) is 18.0 Å². The molecule has 1 saturated carbocycles. The first-order valence-corrected chi connectivity index (χ1v) is 13.0. The Morgan fingerprint density at radius 2 is 1.97 bits per heavy atom. The van der Waals surface area contributed by atoms with Crippen LogP contribution in [0, 0.1) is 0 Å². The lowest BCUT2D eigenvalue weighted by atomic mass is 9.87. The van der Waals surface area contributed by atoms with E-state index in [0.29, 0.717) is 42.1 Å². The summed E-state index contributed by atoms with van der Waals surface area (Å²) in [6, 6.07) is 6.87. The predicted molar refractivity (Wildman–Crippen MR) is 131 cm³/mol. The van der Waals surface area contributed by atoms with Crippen molar-refractivity contribution in [3.8, 4) is 17.1 Å². The highest BCUT2D eigenvalue weighted by molar-refractivity contribution is 7.93. The van der Waals surface area contributed by atoms with E-state index in [0.717, 1.165) is 11.1 Å². The lowest BCUT2D eigenvalue weighted by Gasteiger charge is -2.20. The molecule has 0 radical (unpaired) electrons. The molecular weight excluding hydrogens is 468 g/mol. The number of carbonyl (C=O) groups excluding carboxylic acids is 1. The fourth-order valence-electron chi connectivity index (χ4n) is 3.81. The van der Waals surface area contributed by atoms with E-state index in [1.54, 1.807) is 36.7 Å². The van der Waals surface area contributed by atoms with Crippen LogP contribution in [-0.4, -0.2) is 45.6 Å². The van der Waals surface area contributed by atoms with Crippen molar-refractivity contribution >= 4 is 21.9 Å². The van der Waals surface area contributed by atoms with Crippen LogP contribution in [-0.2, 0) is 10.0 Å². The normalized spacial score (nSPS) is 14.5. The van der Waals surface area contributed by atoms with Crippen molar-refractivity contribution in [2.75, 3.05) is 4.72 Å². The van der Waals surface area contributed by atoms with Crippen molar-refractivity contribution < 1.29 is 17.9 Å². The van der Waals surface area contributed by atoms with E-state index in [4.69, 9.17) is 10.5 Å². The Bertz CT molecular complexity index is 1340. The first-order valence-electron chi connectivity index (χ1n) is 11.4. The van der Waals surface area contributed by atoms with E-state index >= 15 is 0 Å². The maximum atomic E-state index is 12.4. The molecule has 0 bridgehead atoms. The van der Waals surface area contributed by atoms with Crippen LogP contribution < -0.4 is 15.2 Å². The van der Waals surface area contributed by atoms with Crippen LogP contribution in [0.2, 0.25) is 0 Å². The molecule has 11 heteroatoms. The SMILES string of the molecule is CCC(c1ccnc(NS(=O)(=O)C2CC2)n1)c1cc(C(N)=O)ccc1-c1cncc(OC(C)C)n1. The minimum atomic E-state index is -3.51. The minimum absolute atomic E-state index is 0.0209. The molecule has 0 spiro atoms. The number of anilines is 1. The molecule has 10 nitrogen and oxygen atoms in total. The van der Waals surface area contributed by atoms with Gasteiger partial charge in [0.25, 0.3) is 0 Å². The monoisotopic (exact) mass is 496 g/mol. The summed E-state index contributed by atoms with van der Waals surface area (Å²) in [7, 11) is -3.51. The predicted octanol–water partition coefficient (Wildman–Crippen LogP) is 3.27. The van der Waals surface area contributed by atoms with Gasteiger partial charge in [0.05, 0.1) is 35.1 Å². The van der Waals surface area contributed by atoms with Crippen LogP contribution in [0.5, 0.6) is 5.88 Å². The maximum absolute atomic E-state index is 12.4. The van der Waals surface area contributed by atoms with Gasteiger partial charge in [0, 0.05) is 23.2 Å². The Kier molecular flexibility index (Phi) is 6.97. The van der Waals surface area contributed by atoms with Crippen LogP contribution in [0.3, 0.4) is 0 Å². The third-order valence-corrected chi connectivity index (χ3v) is 7.41. The average molecular weight is 497 g/mol. The summed E-state index contributed by atoms with van der Waals surface area (Å²) in [5.41, 5.74) is 8.57. The van der Waals surface area contributed by atoms with Gasteiger partial charge in [-0.25, -0.2) is 23.4 Å². The lowest BCUT2D eigenvalue weighted by molar-refractivity contribution is 0.1000. The molecule has 1 aliphatic rings. The highest BCUT2D eigenvalue weighted by Crippen LogP contribution is 2.36. The molecule has 2 aromatic heterocycles. The number of hydrogen-bond donors (Lipinski definition) is 2. The fourth-order valence-corrected chi connectivity index (χ4v) is 5.08. The number of nitrogens with one attached hydrogen (secondary N) is 1. The number of sulfonamides is 1. The van der Waals surface area contributed by atoms with Crippen molar-refractivity contribution in [2.24, 2.45) is 5.73 Å². The largest absolute Gasteiger partial charge is 0.474 e. The Labute approximate surface area is 204 Å². The third kappa shape index (κ3) is 5.73. The Balaban J connectivity index is 1.78. The highest BCUT2D eigenvalue weighted by atomic mass is 32.2. The summed E-state index contributed by atoms with van der Waals surface area (Å²) >= 11 is 0. The molecule has 3 N–H and O–H groups in total. The van der Waals surface area contributed by atoms with Crippen LogP contribution in [0.15, 0.2) is 42.9 Å². The van der Waals surface area contributed by atoms with Gasteiger partial charge in [-0.15, -0.1) is 0 Å². The van der Waals surface area contributed by atoms with E-state index < -0.39 is 21.2 Å². The first-order chi connectivity index (χ1) is 16.7. The molecule has 3 aromatic rings. The smallest absolute Gasteiger partial charge is 0.248 e. The van der Waals surface area contributed by atoms with E-state index in [9.17, 15) is 13.2 Å². The second kappa shape index (κ2) is 9.95. The summed E-state index contributed by atoms with van der Waals surface area (Å²) in [6.07, 6.45) is 6.49. The summed E-state index contributed by atoms with van der Waals surface area (Å²) in [5, 5.41) is -0.394. The fraction of sp³-hybridized carbons (Fsp3) is 0.375. The van der Waals surface area contributed by atoms with Crippen molar-refractivity contribution in [1.82, 2.24) is 19.9 Å². The van der Waals surface area contributed by atoms with Crippen molar-refractivity contribution in [1.29, 1.82) is 0 Å². The number of ether oxygens (including phenoxy) is 1. The Hall–Kier alpha value is -3.60. The molecule has 0 aliphatic heterocycles. The van der Waals surface area contributed by atoms with Crippen LogP contribution in [0.25, 0.3) is 11.3 Å². The number of hydrogen-bond acceptors (Lipinski definition) is 8. The molecule has 1 atom stereocenters. The highest BCUT2D eigenvalue weighted by Gasteiger charge is 2.36. The van der Waals surface area contributed by atoms with Crippen molar-refractivity contribution in [3.63, 3.8) is 0 Å². The zero-order chi connectivity index (χ0) is 25.2. The Morgan fingerprint density at radius 3 is 2.63 bits per heavy atom. The average Bonchev–Trinajstić information content (AvgIpc) is 3.66. The topological polar surface area (TPSA) is 150 Å². The summed E-state index contributed by atoms with van der Waals surface area (Å²) in [6.45, 7) is 5.78. The van der Waals surface area contributed by atoms with Crippen LogP contribution in [0.4, 0.5) is 5.95 Å². The van der Waals surface area contributed by atoms with Gasteiger partial charge in [0.15, 0.2) is 0 Å². The van der Waals surface area contributed by atoms with Crippen molar-refractivity contribution in [2.45, 2.75) is 57.3 Å². The molecule has 1 aliphatic carbocycles. The van der Waals surface area contributed by atoms with Gasteiger partial charge in [-0.05, 0) is 56.9 Å². The van der Waals surface area contributed by atoms with Gasteiger partial charge >= 0.3 is 0 Å². The molecular formula is C24H28N6O4S. The maximum Gasteiger partial charge on any atom is 0.248 e. The molecule has 1 aromatic carbocycles. The van der Waals surface area contributed by atoms with Gasteiger partial charge in [-0.2, -0.15) is 0 Å². The molecule has 1 unspecified atom stereocenters. The number of amides is 1. The second-order valence-electron chi connectivity index (χ2n) is 8.69. The molecule has 0 saturated heterocycles. The lowest BCUT2D eigenvalue weighted by Crippen LogP contribution is -2.19. The molecule has 4 rings (SSSR count). The van der Waals surface area contributed by atoms with Crippen LogP contribution in [0.1, 0.15) is 67.6 Å². The number of nitrogens with zero attached hydrogens (tertiary/aromatic N) is 4. The zero-order valence-electron chi connectivity index (χ0n) is 19.8. The molecule has 2 heterocycles. The zero-order valence-corrected chi connectivity index (χ0v) is 20.6. The number of primary amides is 1. The van der Waals surface area contributed by atoms with E-state index in [1.165, 1.54) is 6.20 Å². The third-order valence-electron chi connectivity index (χ3n) is 5.60. The molecule has 1 amide bonds. The first kappa shape index (κ1) is 24.5. The molecule has 35 heavy (non-hydrogen) atoms. The molecule has 1 fully saturated rings. The van der Waals surface area contributed by atoms with Gasteiger partial charge in [0.2, 0.25) is 27.8 Å². The second-order valence-corrected chi connectivity index (χ2v) is 10.6. The number of nitrogens with two attached hydrogens (primary N) is 1. The van der Waals surface area contributed by atoms with Gasteiger partial charge in [-0.1, -0.05) is 13.0 Å². The summed E-state index contributed by atoms with van der Waals surface area (Å²) < 4.78 is 33.0. The Morgan fingerprint density at radius 1 is 1.20 bits per heavy atom. The van der Waals surface area contributed by atoms with Crippen LogP contribution >= 0.6 is 0 Å². The number of aromatic nitrogens is 4. The quantitative estimate of drug-likeness (QED) is 0.434. The van der Waals surface area contributed by atoms with Crippen molar-refractivity contribution in [3.05, 3.63) is 59.7 Å². The summed E-state index contributed by atoms with van der Waals surface area (Å²) in [4.78, 5) is 29.4. The van der Waals surface area contributed by atoms with Gasteiger partial charge in [-0.3, -0.25) is 14.5 Å². The van der Waals surface area contributed by atoms with Gasteiger partial charge < -0.3 is 10.5 Å². The van der Waals surface area contributed by atoms with E-state index in [2.05, 4.69) is 24.7 Å².